The average molecular weight is 266 g/mol. The normalized spacial score (nSPS) is 12.4. The summed E-state index contributed by atoms with van der Waals surface area (Å²) in [6.07, 6.45) is 0.230. The molecule has 1 nitrogen and oxygen atoms in total. The molecule has 0 heterocycles. The van der Waals surface area contributed by atoms with Crippen molar-refractivity contribution in [3.05, 3.63) is 71.0 Å². The lowest BCUT2D eigenvalue weighted by Crippen LogP contribution is -2.09. The van der Waals surface area contributed by atoms with E-state index in [1.165, 1.54) is 24.3 Å². The summed E-state index contributed by atoms with van der Waals surface area (Å²) in [5, 5.41) is 9.37. The molecule has 19 heavy (non-hydrogen) atoms. The Labute approximate surface area is 109 Å². The minimum Gasteiger partial charge on any atom is -0.396 e. The third-order valence-electron chi connectivity index (χ3n) is 3.04. The molecule has 0 fully saturated rings. The van der Waals surface area contributed by atoms with E-state index in [0.29, 0.717) is 11.1 Å². The first kappa shape index (κ1) is 13.6. The molecule has 0 spiro atoms. The lowest BCUT2D eigenvalue weighted by Gasteiger charge is -2.15. The molecule has 0 radical (unpaired) electrons. The highest BCUT2D eigenvalue weighted by Gasteiger charge is 2.14. The van der Waals surface area contributed by atoms with Crippen LogP contribution >= 0.6 is 0 Å². The maximum Gasteiger partial charge on any atom is 0.129 e. The Morgan fingerprint density at radius 2 is 1.53 bits per heavy atom. The second kappa shape index (κ2) is 5.89. The molecule has 4 heteroatoms. The molecule has 1 N–H and O–H groups in total. The topological polar surface area (TPSA) is 20.2 Å². The fourth-order valence-corrected chi connectivity index (χ4v) is 1.98. The molecular formula is C15H13F3O. The zero-order valence-electron chi connectivity index (χ0n) is 10.1. The number of aliphatic hydroxyl groups excluding tert-OH is 1. The molecule has 0 saturated heterocycles. The fourth-order valence-electron chi connectivity index (χ4n) is 1.98. The van der Waals surface area contributed by atoms with Crippen molar-refractivity contribution in [3.8, 4) is 0 Å². The monoisotopic (exact) mass is 266 g/mol. The fraction of sp³-hybridized carbons (Fsp3) is 0.200. The summed E-state index contributed by atoms with van der Waals surface area (Å²) >= 11 is 0. The van der Waals surface area contributed by atoms with Crippen LogP contribution < -0.4 is 0 Å². The molecule has 0 amide bonds. The molecule has 100 valence electrons. The molecule has 0 aliphatic carbocycles. The van der Waals surface area contributed by atoms with Gasteiger partial charge in [0.2, 0.25) is 0 Å². The Hall–Kier alpha value is -1.81. The van der Waals surface area contributed by atoms with Gasteiger partial charge in [0.1, 0.15) is 17.5 Å². The highest BCUT2D eigenvalue weighted by Crippen LogP contribution is 2.22. The molecule has 2 aromatic carbocycles. The molecule has 0 saturated carbocycles. The summed E-state index contributed by atoms with van der Waals surface area (Å²) < 4.78 is 39.2. The zero-order chi connectivity index (χ0) is 13.8. The van der Waals surface area contributed by atoms with Crippen LogP contribution in [-0.4, -0.2) is 11.7 Å². The Bertz CT molecular complexity index is 552. The SMILES string of the molecule is OCC(Cc1ccc(F)cc1F)c1ccc(F)cc1. The lowest BCUT2D eigenvalue weighted by atomic mass is 9.92. The quantitative estimate of drug-likeness (QED) is 0.899. The molecule has 0 aliphatic rings. The summed E-state index contributed by atoms with van der Waals surface area (Å²) in [4.78, 5) is 0. The first-order valence-electron chi connectivity index (χ1n) is 5.90. The van der Waals surface area contributed by atoms with E-state index in [1.54, 1.807) is 12.1 Å². The lowest BCUT2D eigenvalue weighted by molar-refractivity contribution is 0.263. The van der Waals surface area contributed by atoms with Crippen LogP contribution in [0.15, 0.2) is 42.5 Å². The van der Waals surface area contributed by atoms with Gasteiger partial charge < -0.3 is 5.11 Å². The van der Waals surface area contributed by atoms with Crippen molar-refractivity contribution in [2.75, 3.05) is 6.61 Å². The largest absolute Gasteiger partial charge is 0.396 e. The van der Waals surface area contributed by atoms with Crippen LogP contribution in [0.1, 0.15) is 17.0 Å². The Morgan fingerprint density at radius 3 is 2.11 bits per heavy atom. The number of halogens is 3. The van der Waals surface area contributed by atoms with Gasteiger partial charge in [-0.2, -0.15) is 0 Å². The Kier molecular flexibility index (Phi) is 4.22. The summed E-state index contributed by atoms with van der Waals surface area (Å²) in [7, 11) is 0. The van der Waals surface area contributed by atoms with Gasteiger partial charge >= 0.3 is 0 Å². The van der Waals surface area contributed by atoms with Gasteiger partial charge in [-0.3, -0.25) is 0 Å². The number of hydrogen-bond acceptors (Lipinski definition) is 1. The second-order valence-electron chi connectivity index (χ2n) is 4.37. The summed E-state index contributed by atoms with van der Waals surface area (Å²) in [5.41, 5.74) is 1.04. The summed E-state index contributed by atoms with van der Waals surface area (Å²) in [6, 6.07) is 9.04. The average Bonchev–Trinajstić information content (AvgIpc) is 2.39. The van der Waals surface area contributed by atoms with E-state index in [1.807, 2.05) is 0 Å². The van der Waals surface area contributed by atoms with Crippen LogP contribution in [0.4, 0.5) is 13.2 Å². The van der Waals surface area contributed by atoms with E-state index >= 15 is 0 Å². The van der Waals surface area contributed by atoms with Gasteiger partial charge in [-0.1, -0.05) is 18.2 Å². The maximum absolute atomic E-state index is 13.5. The van der Waals surface area contributed by atoms with Crippen molar-refractivity contribution in [2.24, 2.45) is 0 Å². The first-order chi connectivity index (χ1) is 9.10. The minimum atomic E-state index is -0.638. The van der Waals surface area contributed by atoms with Crippen LogP contribution in [0.5, 0.6) is 0 Å². The van der Waals surface area contributed by atoms with Crippen molar-refractivity contribution >= 4 is 0 Å². The highest BCUT2D eigenvalue weighted by atomic mass is 19.1. The van der Waals surface area contributed by atoms with Crippen LogP contribution in [-0.2, 0) is 6.42 Å². The third-order valence-corrected chi connectivity index (χ3v) is 3.04. The molecule has 2 aromatic rings. The predicted octanol–water partition coefficient (Wildman–Crippen LogP) is 3.42. The predicted molar refractivity (Wildman–Crippen MR) is 66.3 cm³/mol. The maximum atomic E-state index is 13.5. The number of benzene rings is 2. The van der Waals surface area contributed by atoms with E-state index in [0.717, 1.165) is 6.07 Å². The molecule has 0 aliphatic heterocycles. The standard InChI is InChI=1S/C15H13F3O/c16-13-4-1-10(2-5-13)12(9-19)7-11-3-6-14(17)8-15(11)18/h1-6,8,12,19H,7,9H2. The van der Waals surface area contributed by atoms with Gasteiger partial charge in [0.25, 0.3) is 0 Å². The molecule has 0 bridgehead atoms. The van der Waals surface area contributed by atoms with E-state index in [4.69, 9.17) is 0 Å². The van der Waals surface area contributed by atoms with Crippen LogP contribution in [0.2, 0.25) is 0 Å². The smallest absolute Gasteiger partial charge is 0.129 e. The van der Waals surface area contributed by atoms with Crippen LogP contribution in [0, 0.1) is 17.5 Å². The van der Waals surface area contributed by atoms with Gasteiger partial charge in [-0.15, -0.1) is 0 Å². The van der Waals surface area contributed by atoms with Crippen LogP contribution in [0.3, 0.4) is 0 Å². The van der Waals surface area contributed by atoms with Gasteiger partial charge in [-0.25, -0.2) is 13.2 Å². The summed E-state index contributed by atoms with van der Waals surface area (Å²) in [5.74, 6) is -1.99. The summed E-state index contributed by atoms with van der Waals surface area (Å²) in [6.45, 7) is -0.192. The highest BCUT2D eigenvalue weighted by molar-refractivity contribution is 5.26. The first-order valence-corrected chi connectivity index (χ1v) is 5.90. The third kappa shape index (κ3) is 3.35. The van der Waals surface area contributed by atoms with E-state index in [9.17, 15) is 18.3 Å². The van der Waals surface area contributed by atoms with E-state index in [-0.39, 0.29) is 24.8 Å². The molecule has 0 aromatic heterocycles. The Morgan fingerprint density at radius 1 is 0.895 bits per heavy atom. The van der Waals surface area contributed by atoms with Crippen LogP contribution in [0.25, 0.3) is 0 Å². The molecular weight excluding hydrogens is 253 g/mol. The molecule has 1 atom stereocenters. The van der Waals surface area contributed by atoms with Crippen molar-refractivity contribution in [1.82, 2.24) is 0 Å². The van der Waals surface area contributed by atoms with Crippen molar-refractivity contribution in [3.63, 3.8) is 0 Å². The minimum absolute atomic E-state index is 0.192. The van der Waals surface area contributed by atoms with Gasteiger partial charge in [-0.05, 0) is 35.7 Å². The molecule has 2 rings (SSSR count). The van der Waals surface area contributed by atoms with Gasteiger partial charge in [0, 0.05) is 12.0 Å². The van der Waals surface area contributed by atoms with Gasteiger partial charge in [0.15, 0.2) is 0 Å². The van der Waals surface area contributed by atoms with Crippen molar-refractivity contribution < 1.29 is 18.3 Å². The molecule has 1 unspecified atom stereocenters. The number of aliphatic hydroxyl groups is 1. The zero-order valence-corrected chi connectivity index (χ0v) is 10.1. The Balaban J connectivity index is 2.21. The van der Waals surface area contributed by atoms with Crippen molar-refractivity contribution in [2.45, 2.75) is 12.3 Å². The number of hydrogen-bond donors (Lipinski definition) is 1. The van der Waals surface area contributed by atoms with E-state index in [2.05, 4.69) is 0 Å². The van der Waals surface area contributed by atoms with Crippen molar-refractivity contribution in [1.29, 1.82) is 0 Å². The number of rotatable bonds is 4. The second-order valence-corrected chi connectivity index (χ2v) is 4.37. The van der Waals surface area contributed by atoms with Gasteiger partial charge in [0.05, 0.1) is 6.61 Å². The van der Waals surface area contributed by atoms with E-state index < -0.39 is 11.6 Å².